The van der Waals surface area contributed by atoms with Crippen LogP contribution in [-0.4, -0.2) is 63.4 Å². The first kappa shape index (κ1) is 33.3. The summed E-state index contributed by atoms with van der Waals surface area (Å²) >= 11 is 11.9. The number of β-amino-alcohol motifs (C(OH)–C–C–N with tert-alkyl or cyclic N) is 1. The molecule has 1 saturated heterocycles. The molecular weight excluding hydrogens is 654 g/mol. The van der Waals surface area contributed by atoms with Gasteiger partial charge >= 0.3 is 6.18 Å². The fourth-order valence-corrected chi connectivity index (χ4v) is 5.58. The monoisotopic (exact) mass is 680 g/mol. The van der Waals surface area contributed by atoms with Crippen LogP contribution in [0.1, 0.15) is 16.7 Å². The molecule has 1 amide bonds. The number of carbonyl (C=O) groups is 1. The van der Waals surface area contributed by atoms with Crippen molar-refractivity contribution in [2.24, 2.45) is 0 Å². The Morgan fingerprint density at radius 2 is 1.70 bits per heavy atom. The molecule has 1 atom stereocenters. The average molecular weight is 681 g/mol. The first-order valence-corrected chi connectivity index (χ1v) is 14.7. The fourth-order valence-electron chi connectivity index (χ4n) is 5.27. The summed E-state index contributed by atoms with van der Waals surface area (Å²) in [6.07, 6.45) is 0.501. The average Bonchev–Trinajstić information content (AvgIpc) is 3.50. The van der Waals surface area contributed by atoms with E-state index in [4.69, 9.17) is 23.2 Å². The summed E-state index contributed by atoms with van der Waals surface area (Å²) in [5, 5.41) is 18.7. The zero-order valence-corrected chi connectivity index (χ0v) is 25.5. The number of aliphatic hydroxyl groups is 1. The highest BCUT2D eigenvalue weighted by Gasteiger charge is 2.38. The van der Waals surface area contributed by atoms with Crippen LogP contribution in [0.25, 0.3) is 6.08 Å². The van der Waals surface area contributed by atoms with Gasteiger partial charge in [-0.05, 0) is 48.0 Å². The Morgan fingerprint density at radius 3 is 2.35 bits per heavy atom. The number of piperazine rings is 1. The molecule has 1 fully saturated rings. The Labute approximate surface area is 270 Å². The predicted octanol–water partition coefficient (Wildman–Crippen LogP) is 6.24. The third-order valence-electron chi connectivity index (χ3n) is 7.46. The summed E-state index contributed by atoms with van der Waals surface area (Å²) in [7, 11) is 0. The molecular formula is C31H27Cl2F5N6O2. The third-order valence-corrected chi connectivity index (χ3v) is 8.20. The van der Waals surface area contributed by atoms with Crippen molar-refractivity contribution in [3.63, 3.8) is 0 Å². The summed E-state index contributed by atoms with van der Waals surface area (Å²) in [5.74, 6) is -2.38. The van der Waals surface area contributed by atoms with E-state index in [0.717, 1.165) is 18.2 Å². The van der Waals surface area contributed by atoms with Gasteiger partial charge in [0.25, 0.3) is 0 Å². The van der Waals surface area contributed by atoms with Gasteiger partial charge in [-0.2, -0.15) is 18.3 Å². The minimum Gasteiger partial charge on any atom is -0.382 e. The van der Waals surface area contributed by atoms with E-state index >= 15 is 0 Å². The van der Waals surface area contributed by atoms with Crippen LogP contribution in [-0.2, 0) is 23.1 Å². The van der Waals surface area contributed by atoms with E-state index in [9.17, 15) is 31.9 Å². The maximum absolute atomic E-state index is 14.8. The van der Waals surface area contributed by atoms with Crippen molar-refractivity contribution in [1.29, 1.82) is 0 Å². The lowest BCUT2D eigenvalue weighted by Crippen LogP contribution is -2.52. The number of benzene rings is 3. The second kappa shape index (κ2) is 13.8. The molecule has 4 aromatic rings. The van der Waals surface area contributed by atoms with Gasteiger partial charge < -0.3 is 15.3 Å². The van der Waals surface area contributed by atoms with Crippen LogP contribution in [0, 0.1) is 11.6 Å². The third kappa shape index (κ3) is 8.02. The van der Waals surface area contributed by atoms with Gasteiger partial charge in [-0.1, -0.05) is 35.3 Å². The molecule has 0 spiro atoms. The minimum atomic E-state index is -4.72. The molecule has 242 valence electrons. The van der Waals surface area contributed by atoms with Gasteiger partial charge in [0.05, 0.1) is 22.2 Å². The van der Waals surface area contributed by atoms with Gasteiger partial charge in [-0.15, -0.1) is 0 Å². The lowest BCUT2D eigenvalue weighted by atomic mass is 9.92. The molecule has 8 nitrogen and oxygen atoms in total. The van der Waals surface area contributed by atoms with Crippen LogP contribution in [0.5, 0.6) is 0 Å². The van der Waals surface area contributed by atoms with Crippen LogP contribution >= 0.6 is 23.2 Å². The van der Waals surface area contributed by atoms with Crippen molar-refractivity contribution in [3.8, 4) is 0 Å². The number of aromatic nitrogens is 3. The first-order chi connectivity index (χ1) is 21.8. The Morgan fingerprint density at radius 1 is 0.935 bits per heavy atom. The number of amides is 1. The molecule has 15 heteroatoms. The van der Waals surface area contributed by atoms with E-state index in [1.807, 2.05) is 0 Å². The maximum atomic E-state index is 14.8. The zero-order chi connectivity index (χ0) is 33.1. The van der Waals surface area contributed by atoms with E-state index in [1.54, 1.807) is 28.0 Å². The van der Waals surface area contributed by atoms with Crippen LogP contribution in [0.15, 0.2) is 73.3 Å². The van der Waals surface area contributed by atoms with Crippen molar-refractivity contribution < 1.29 is 31.9 Å². The summed E-state index contributed by atoms with van der Waals surface area (Å²) in [4.78, 5) is 19.6. The van der Waals surface area contributed by atoms with E-state index in [1.165, 1.54) is 41.6 Å². The summed E-state index contributed by atoms with van der Waals surface area (Å²) in [5.41, 5.74) is -2.45. The Bertz CT molecular complexity index is 1730. The predicted molar refractivity (Wildman–Crippen MR) is 164 cm³/mol. The number of hydrogen-bond donors (Lipinski definition) is 2. The Kier molecular flexibility index (Phi) is 9.96. The van der Waals surface area contributed by atoms with E-state index in [2.05, 4.69) is 15.4 Å². The number of halogens is 7. The van der Waals surface area contributed by atoms with Crippen molar-refractivity contribution >= 4 is 46.6 Å². The Balaban J connectivity index is 1.28. The van der Waals surface area contributed by atoms with Crippen LogP contribution in [0.3, 0.4) is 0 Å². The number of alkyl halides is 3. The highest BCUT2D eigenvalue weighted by Crippen LogP contribution is 2.39. The number of carbonyl (C=O) groups excluding carboxylic acids is 1. The van der Waals surface area contributed by atoms with Gasteiger partial charge in [-0.25, -0.2) is 18.4 Å². The molecule has 3 aromatic carbocycles. The summed E-state index contributed by atoms with van der Waals surface area (Å²) in [6.45, 7) is 0.494. The number of nitrogens with zero attached hydrogens (tertiary/aromatic N) is 5. The van der Waals surface area contributed by atoms with Gasteiger partial charge in [0.2, 0.25) is 5.91 Å². The molecule has 1 unspecified atom stereocenters. The molecule has 1 aromatic heterocycles. The van der Waals surface area contributed by atoms with Gasteiger partial charge in [0.15, 0.2) is 0 Å². The molecule has 0 aliphatic carbocycles. The highest BCUT2D eigenvalue weighted by molar-refractivity contribution is 6.42. The molecule has 1 aliphatic heterocycles. The molecule has 2 heterocycles. The molecule has 2 N–H and O–H groups in total. The molecule has 1 aliphatic rings. The second-order valence-electron chi connectivity index (χ2n) is 10.7. The van der Waals surface area contributed by atoms with Gasteiger partial charge in [0, 0.05) is 61.8 Å². The normalized spacial score (nSPS) is 15.7. The number of anilines is 2. The smallest absolute Gasteiger partial charge is 0.382 e. The maximum Gasteiger partial charge on any atom is 0.418 e. The van der Waals surface area contributed by atoms with Crippen LogP contribution in [0.4, 0.5) is 33.3 Å². The number of nitrogens with one attached hydrogen (secondary N) is 1. The van der Waals surface area contributed by atoms with Crippen LogP contribution < -0.4 is 10.2 Å². The van der Waals surface area contributed by atoms with Crippen LogP contribution in [0.2, 0.25) is 10.0 Å². The standard InChI is InChI=1S/C31H27Cl2F5N6O2/c32-25-6-1-20(13-26(25)33)2-8-29(45)41-22-4-7-28(24(15-22)31(36,37)38)43-11-9-42(10-12-43)16-30(46,17-44-19-39-18-40-44)23-5-3-21(34)14-27(23)35/h1-8,13-15,18-19,46H,9-12,16-17H2,(H,41,45)/b8-2+. The SMILES string of the molecule is O=C(/C=C/c1ccc(Cl)c(Cl)c1)Nc1ccc(N2CCN(CC(O)(Cn3cncn3)c3ccc(F)cc3F)CC2)c(C(F)(F)F)c1. The molecule has 46 heavy (non-hydrogen) atoms. The lowest BCUT2D eigenvalue weighted by Gasteiger charge is -2.41. The van der Waals surface area contributed by atoms with Gasteiger partial charge in [-0.3, -0.25) is 9.69 Å². The number of hydrogen-bond acceptors (Lipinski definition) is 6. The topological polar surface area (TPSA) is 86.5 Å². The van der Waals surface area contributed by atoms with Crippen molar-refractivity contribution in [2.75, 3.05) is 42.9 Å². The summed E-state index contributed by atoms with van der Waals surface area (Å²) < 4.78 is 72.3. The summed E-state index contributed by atoms with van der Waals surface area (Å²) in [6, 6.07) is 11.2. The number of rotatable bonds is 9. The molecule has 0 radical (unpaired) electrons. The van der Waals surface area contributed by atoms with Crippen molar-refractivity contribution in [3.05, 3.63) is 112 Å². The van der Waals surface area contributed by atoms with Crippen molar-refractivity contribution in [2.45, 2.75) is 18.3 Å². The van der Waals surface area contributed by atoms with Gasteiger partial charge in [0.1, 0.15) is 29.9 Å². The van der Waals surface area contributed by atoms with Crippen molar-refractivity contribution in [1.82, 2.24) is 19.7 Å². The minimum absolute atomic E-state index is 0.0435. The van der Waals surface area contributed by atoms with E-state index in [-0.39, 0.29) is 56.2 Å². The van der Waals surface area contributed by atoms with E-state index < -0.39 is 34.9 Å². The second-order valence-corrected chi connectivity index (χ2v) is 11.6. The zero-order valence-electron chi connectivity index (χ0n) is 24.0. The highest BCUT2D eigenvalue weighted by atomic mass is 35.5. The molecule has 0 saturated carbocycles. The largest absolute Gasteiger partial charge is 0.418 e. The first-order valence-electron chi connectivity index (χ1n) is 13.9. The lowest BCUT2D eigenvalue weighted by molar-refractivity contribution is -0.137. The van der Waals surface area contributed by atoms with E-state index in [0.29, 0.717) is 21.7 Å². The Hall–Kier alpha value is -4.04. The quantitative estimate of drug-likeness (QED) is 0.161. The molecule has 5 rings (SSSR count). The molecule has 0 bridgehead atoms. The fraction of sp³-hybridized carbons (Fsp3) is 0.258.